The van der Waals surface area contributed by atoms with Crippen LogP contribution in [0, 0.1) is 6.92 Å². The number of rotatable bonds is 7. The quantitative estimate of drug-likeness (QED) is 0.473. The van der Waals surface area contributed by atoms with E-state index >= 15 is 0 Å². The first-order valence-corrected chi connectivity index (χ1v) is 10.0. The number of nitrogens with one attached hydrogen (secondary N) is 1. The van der Waals surface area contributed by atoms with Crippen molar-refractivity contribution in [2.24, 2.45) is 0 Å². The second-order valence-corrected chi connectivity index (χ2v) is 7.25. The summed E-state index contributed by atoms with van der Waals surface area (Å²) in [6, 6.07) is 15.4. The monoisotopic (exact) mass is 405 g/mol. The van der Waals surface area contributed by atoms with Gasteiger partial charge in [-0.25, -0.2) is 0 Å². The maximum Gasteiger partial charge on any atom is 0.230 e. The number of aryl methyl sites for hydroxylation is 1. The Morgan fingerprint density at radius 2 is 1.93 bits per heavy atom. The van der Waals surface area contributed by atoms with E-state index in [4.69, 9.17) is 4.42 Å². The smallest absolute Gasteiger partial charge is 0.230 e. The van der Waals surface area contributed by atoms with Crippen LogP contribution in [-0.4, -0.2) is 31.4 Å². The molecule has 4 aromatic rings. The van der Waals surface area contributed by atoms with Crippen LogP contribution in [0.4, 0.5) is 0 Å². The topological polar surface area (TPSA) is 85.8 Å². The third kappa shape index (κ3) is 4.38. The molecule has 4 rings (SSSR count). The van der Waals surface area contributed by atoms with Gasteiger partial charge >= 0.3 is 0 Å². The number of carbonyl (C=O) groups excluding carboxylic acids is 1. The molecule has 3 aromatic heterocycles. The van der Waals surface area contributed by atoms with Crippen molar-refractivity contribution in [3.63, 3.8) is 0 Å². The van der Waals surface area contributed by atoms with E-state index < -0.39 is 0 Å². The van der Waals surface area contributed by atoms with Gasteiger partial charge in [0.25, 0.3) is 0 Å². The molecule has 7 nitrogen and oxygen atoms in total. The maximum absolute atomic E-state index is 12.3. The third-order valence-corrected chi connectivity index (χ3v) is 5.23. The molecule has 29 heavy (non-hydrogen) atoms. The Morgan fingerprint density at radius 3 is 2.69 bits per heavy atom. The molecule has 3 heterocycles. The van der Waals surface area contributed by atoms with Crippen LogP contribution in [0.15, 0.2) is 76.8 Å². The van der Waals surface area contributed by atoms with Gasteiger partial charge in [0, 0.05) is 18.0 Å². The molecular formula is C21H19N5O2S. The fraction of sp³-hybridized carbons (Fsp3) is 0.143. The number of furan rings is 1. The van der Waals surface area contributed by atoms with Crippen LogP contribution in [-0.2, 0) is 11.3 Å². The molecule has 0 aliphatic carbocycles. The van der Waals surface area contributed by atoms with Crippen LogP contribution in [0.5, 0.6) is 0 Å². The number of nitrogens with zero attached hydrogens (tertiary/aromatic N) is 4. The third-order valence-electron chi connectivity index (χ3n) is 4.30. The van der Waals surface area contributed by atoms with Crippen molar-refractivity contribution in [1.82, 2.24) is 25.1 Å². The number of carbonyl (C=O) groups is 1. The number of aromatic nitrogens is 4. The van der Waals surface area contributed by atoms with E-state index in [-0.39, 0.29) is 11.7 Å². The summed E-state index contributed by atoms with van der Waals surface area (Å²) in [5, 5.41) is 12.2. The number of hydrogen-bond acceptors (Lipinski definition) is 6. The molecule has 146 valence electrons. The molecule has 0 radical (unpaired) electrons. The minimum atomic E-state index is -0.101. The zero-order valence-electron chi connectivity index (χ0n) is 15.8. The SMILES string of the molecule is Cc1ccccc1-n1c(SCC(=O)NCc2ccco2)nnc1-c1ccncc1. The van der Waals surface area contributed by atoms with Crippen LogP contribution in [0.3, 0.4) is 0 Å². The number of amides is 1. The predicted molar refractivity (Wildman–Crippen MR) is 111 cm³/mol. The van der Waals surface area contributed by atoms with Gasteiger partial charge < -0.3 is 9.73 Å². The van der Waals surface area contributed by atoms with Gasteiger partial charge in [-0.05, 0) is 42.8 Å². The lowest BCUT2D eigenvalue weighted by Gasteiger charge is -2.12. The van der Waals surface area contributed by atoms with Crippen molar-refractivity contribution in [3.8, 4) is 17.1 Å². The number of hydrogen-bond donors (Lipinski definition) is 1. The molecule has 0 saturated carbocycles. The van der Waals surface area contributed by atoms with E-state index in [0.717, 1.165) is 16.8 Å². The zero-order valence-corrected chi connectivity index (χ0v) is 16.6. The Morgan fingerprint density at radius 1 is 1.10 bits per heavy atom. The fourth-order valence-electron chi connectivity index (χ4n) is 2.86. The average Bonchev–Trinajstić information content (AvgIpc) is 3.42. The lowest BCUT2D eigenvalue weighted by Crippen LogP contribution is -2.24. The summed E-state index contributed by atoms with van der Waals surface area (Å²) in [7, 11) is 0. The molecular weight excluding hydrogens is 386 g/mol. The highest BCUT2D eigenvalue weighted by molar-refractivity contribution is 7.99. The van der Waals surface area contributed by atoms with Crippen LogP contribution in [0.1, 0.15) is 11.3 Å². The number of benzene rings is 1. The van der Waals surface area contributed by atoms with Gasteiger partial charge in [0.15, 0.2) is 11.0 Å². The van der Waals surface area contributed by atoms with Gasteiger partial charge in [-0.15, -0.1) is 10.2 Å². The van der Waals surface area contributed by atoms with Gasteiger partial charge in [0.2, 0.25) is 5.91 Å². The highest BCUT2D eigenvalue weighted by Gasteiger charge is 2.18. The summed E-state index contributed by atoms with van der Waals surface area (Å²) in [5.74, 6) is 1.55. The molecule has 1 amide bonds. The summed E-state index contributed by atoms with van der Waals surface area (Å²) in [6.07, 6.45) is 5.03. The summed E-state index contributed by atoms with van der Waals surface area (Å²) in [6.45, 7) is 2.40. The molecule has 0 spiro atoms. The summed E-state index contributed by atoms with van der Waals surface area (Å²) < 4.78 is 7.22. The molecule has 0 saturated heterocycles. The van der Waals surface area contributed by atoms with Gasteiger partial charge in [-0.1, -0.05) is 30.0 Å². The second kappa shape index (κ2) is 8.74. The highest BCUT2D eigenvalue weighted by atomic mass is 32.2. The van der Waals surface area contributed by atoms with Crippen molar-refractivity contribution in [3.05, 3.63) is 78.5 Å². The first-order valence-electron chi connectivity index (χ1n) is 9.06. The molecule has 0 unspecified atom stereocenters. The fourth-order valence-corrected chi connectivity index (χ4v) is 3.64. The lowest BCUT2D eigenvalue weighted by molar-refractivity contribution is -0.118. The van der Waals surface area contributed by atoms with Gasteiger partial charge in [-0.2, -0.15) is 0 Å². The second-order valence-electron chi connectivity index (χ2n) is 6.31. The molecule has 0 fully saturated rings. The normalized spacial score (nSPS) is 10.8. The highest BCUT2D eigenvalue weighted by Crippen LogP contribution is 2.29. The van der Waals surface area contributed by atoms with E-state index in [1.807, 2.05) is 54.0 Å². The van der Waals surface area contributed by atoms with Crippen molar-refractivity contribution in [1.29, 1.82) is 0 Å². The van der Waals surface area contributed by atoms with Crippen LogP contribution in [0.2, 0.25) is 0 Å². The predicted octanol–water partition coefficient (Wildman–Crippen LogP) is 3.64. The molecule has 8 heteroatoms. The molecule has 0 bridgehead atoms. The number of thioether (sulfide) groups is 1. The number of pyridine rings is 1. The standard InChI is InChI=1S/C21H19N5O2S/c1-15-5-2-3-7-18(15)26-20(16-8-10-22-11-9-16)24-25-21(26)29-14-19(27)23-13-17-6-4-12-28-17/h2-12H,13-14H2,1H3,(H,23,27). The Labute approximate surface area is 172 Å². The maximum atomic E-state index is 12.3. The minimum Gasteiger partial charge on any atom is -0.467 e. The lowest BCUT2D eigenvalue weighted by atomic mass is 10.2. The Bertz CT molecular complexity index is 1090. The van der Waals surface area contributed by atoms with Crippen molar-refractivity contribution >= 4 is 17.7 Å². The molecule has 0 aliphatic heterocycles. The molecule has 0 aliphatic rings. The first-order chi connectivity index (χ1) is 14.2. The van der Waals surface area contributed by atoms with Gasteiger partial charge in [0.1, 0.15) is 5.76 Å². The molecule has 1 aromatic carbocycles. The minimum absolute atomic E-state index is 0.101. The van der Waals surface area contributed by atoms with E-state index in [1.165, 1.54) is 11.8 Å². The Balaban J connectivity index is 1.57. The van der Waals surface area contributed by atoms with E-state index in [1.54, 1.807) is 24.7 Å². The summed E-state index contributed by atoms with van der Waals surface area (Å²) in [4.78, 5) is 16.3. The van der Waals surface area contributed by atoms with Crippen molar-refractivity contribution < 1.29 is 9.21 Å². The van der Waals surface area contributed by atoms with E-state index in [9.17, 15) is 4.79 Å². The number of para-hydroxylation sites is 1. The summed E-state index contributed by atoms with van der Waals surface area (Å²) in [5.41, 5.74) is 2.97. The van der Waals surface area contributed by atoms with Gasteiger partial charge in [0.05, 0.1) is 24.2 Å². The Kier molecular flexibility index (Phi) is 5.71. The van der Waals surface area contributed by atoms with Crippen LogP contribution >= 0.6 is 11.8 Å². The first kappa shape index (κ1) is 18.9. The van der Waals surface area contributed by atoms with Crippen LogP contribution < -0.4 is 5.32 Å². The van der Waals surface area contributed by atoms with Crippen molar-refractivity contribution in [2.45, 2.75) is 18.6 Å². The van der Waals surface area contributed by atoms with Gasteiger partial charge in [-0.3, -0.25) is 14.3 Å². The summed E-state index contributed by atoms with van der Waals surface area (Å²) >= 11 is 1.34. The Hall–Kier alpha value is -3.39. The molecule has 1 N–H and O–H groups in total. The van der Waals surface area contributed by atoms with E-state index in [0.29, 0.717) is 23.3 Å². The van der Waals surface area contributed by atoms with Crippen LogP contribution in [0.25, 0.3) is 17.1 Å². The average molecular weight is 405 g/mol. The largest absolute Gasteiger partial charge is 0.467 e. The van der Waals surface area contributed by atoms with E-state index in [2.05, 4.69) is 20.5 Å². The van der Waals surface area contributed by atoms with Crippen molar-refractivity contribution in [2.75, 3.05) is 5.75 Å². The molecule has 0 atom stereocenters. The zero-order chi connectivity index (χ0) is 20.1.